The Morgan fingerprint density at radius 2 is 1.84 bits per heavy atom. The zero-order chi connectivity index (χ0) is 22.7. The highest BCUT2D eigenvalue weighted by atomic mass is 16.5. The van der Waals surface area contributed by atoms with Gasteiger partial charge in [0, 0.05) is 44.5 Å². The summed E-state index contributed by atoms with van der Waals surface area (Å²) in [7, 11) is 4.99. The Labute approximate surface area is 183 Å². The van der Waals surface area contributed by atoms with Crippen molar-refractivity contribution in [2.75, 3.05) is 19.4 Å². The summed E-state index contributed by atoms with van der Waals surface area (Å²) in [4.78, 5) is 29.8. The average Bonchev–Trinajstić information content (AvgIpc) is 3.43. The number of carbonyl (C=O) groups excluding carboxylic acids is 2. The van der Waals surface area contributed by atoms with Crippen LogP contribution >= 0.6 is 0 Å². The van der Waals surface area contributed by atoms with Gasteiger partial charge in [-0.15, -0.1) is 0 Å². The van der Waals surface area contributed by atoms with Gasteiger partial charge in [-0.3, -0.25) is 14.3 Å². The Balaban J connectivity index is 1.44. The van der Waals surface area contributed by atoms with E-state index in [0.29, 0.717) is 34.3 Å². The summed E-state index contributed by atoms with van der Waals surface area (Å²) in [6.07, 6.45) is 1.74. The minimum Gasteiger partial charge on any atom is -0.457 e. The first-order valence-corrected chi connectivity index (χ1v) is 9.64. The molecule has 10 nitrogen and oxygen atoms in total. The fourth-order valence-corrected chi connectivity index (χ4v) is 2.80. The third-order valence-corrected chi connectivity index (χ3v) is 4.41. The first kappa shape index (κ1) is 20.8. The number of hydrogen-bond donors (Lipinski definition) is 1. The number of hydrogen-bond acceptors (Lipinski definition) is 7. The van der Waals surface area contributed by atoms with Crippen molar-refractivity contribution in [1.82, 2.24) is 24.8 Å². The van der Waals surface area contributed by atoms with Crippen LogP contribution in [0.4, 0.5) is 5.82 Å². The van der Waals surface area contributed by atoms with Gasteiger partial charge in [-0.05, 0) is 42.5 Å². The molecule has 0 aliphatic rings. The van der Waals surface area contributed by atoms with Crippen LogP contribution in [0, 0.1) is 0 Å². The average molecular weight is 432 g/mol. The van der Waals surface area contributed by atoms with Crippen LogP contribution in [0.15, 0.2) is 65.3 Å². The molecule has 2 heterocycles. The summed E-state index contributed by atoms with van der Waals surface area (Å²) in [5.41, 5.74) is 1.11. The van der Waals surface area contributed by atoms with Gasteiger partial charge in [-0.1, -0.05) is 11.2 Å². The molecule has 10 heteroatoms. The largest absolute Gasteiger partial charge is 0.457 e. The van der Waals surface area contributed by atoms with Crippen LogP contribution in [0.1, 0.15) is 21.0 Å². The van der Waals surface area contributed by atoms with Crippen LogP contribution < -0.4 is 10.1 Å². The van der Waals surface area contributed by atoms with Crippen LogP contribution in [0.3, 0.4) is 0 Å². The molecular formula is C22H20N6O4. The Kier molecular flexibility index (Phi) is 5.67. The van der Waals surface area contributed by atoms with Crippen molar-refractivity contribution in [3.05, 3.63) is 72.2 Å². The highest BCUT2D eigenvalue weighted by Crippen LogP contribution is 2.25. The Hall–Kier alpha value is -4.47. The van der Waals surface area contributed by atoms with Gasteiger partial charge < -0.3 is 19.5 Å². The number of ether oxygens (including phenoxy) is 1. The monoisotopic (exact) mass is 432 g/mol. The molecule has 2 amide bonds. The van der Waals surface area contributed by atoms with Crippen molar-refractivity contribution in [3.8, 4) is 22.9 Å². The zero-order valence-corrected chi connectivity index (χ0v) is 17.6. The van der Waals surface area contributed by atoms with E-state index in [1.165, 1.54) is 4.90 Å². The van der Waals surface area contributed by atoms with Gasteiger partial charge in [-0.2, -0.15) is 10.1 Å². The maximum absolute atomic E-state index is 12.5. The number of anilines is 1. The van der Waals surface area contributed by atoms with Gasteiger partial charge in [0.15, 0.2) is 5.82 Å². The number of carbonyl (C=O) groups is 2. The molecule has 32 heavy (non-hydrogen) atoms. The number of nitrogens with one attached hydrogen (secondary N) is 1. The van der Waals surface area contributed by atoms with Gasteiger partial charge in [-0.25, -0.2) is 0 Å². The van der Waals surface area contributed by atoms with E-state index in [0.717, 1.165) is 0 Å². The maximum Gasteiger partial charge on any atom is 0.316 e. The number of aromatic nitrogens is 4. The van der Waals surface area contributed by atoms with E-state index in [9.17, 15) is 9.59 Å². The van der Waals surface area contributed by atoms with Crippen molar-refractivity contribution in [3.63, 3.8) is 0 Å². The number of nitrogens with zero attached hydrogens (tertiary/aromatic N) is 5. The molecule has 2 aromatic carbocycles. The van der Waals surface area contributed by atoms with Crippen molar-refractivity contribution < 1.29 is 18.8 Å². The van der Waals surface area contributed by atoms with Crippen LogP contribution in [-0.2, 0) is 7.05 Å². The summed E-state index contributed by atoms with van der Waals surface area (Å²) in [6, 6.07) is 15.5. The first-order valence-electron chi connectivity index (χ1n) is 9.64. The van der Waals surface area contributed by atoms with Gasteiger partial charge in [0.1, 0.15) is 11.5 Å². The Morgan fingerprint density at radius 1 is 1.06 bits per heavy atom. The molecule has 4 aromatic rings. The standard InChI is InChI=1S/C22H20N6O4/c1-27(2)22(30)21-24-19(26-32-21)14-7-9-16(10-8-14)31-17-6-4-5-15(13-17)20(29)23-18-11-12-28(3)25-18/h4-13H,1-3H3,(H,23,25,29). The topological polar surface area (TPSA) is 115 Å². The van der Waals surface area contributed by atoms with Crippen molar-refractivity contribution in [1.29, 1.82) is 0 Å². The predicted octanol–water partition coefficient (Wildman–Crippen LogP) is 3.22. The van der Waals surface area contributed by atoms with Gasteiger partial charge in [0.05, 0.1) is 0 Å². The highest BCUT2D eigenvalue weighted by Gasteiger charge is 2.17. The lowest BCUT2D eigenvalue weighted by Gasteiger charge is -2.08. The van der Waals surface area contributed by atoms with Crippen molar-refractivity contribution in [2.24, 2.45) is 7.05 Å². The molecule has 0 radical (unpaired) electrons. The second-order valence-electron chi connectivity index (χ2n) is 7.11. The number of amides is 2. The summed E-state index contributed by atoms with van der Waals surface area (Å²) in [5, 5.41) is 10.7. The molecular weight excluding hydrogens is 412 g/mol. The summed E-state index contributed by atoms with van der Waals surface area (Å²) < 4.78 is 12.5. The molecule has 1 N–H and O–H groups in total. The maximum atomic E-state index is 12.5. The second-order valence-corrected chi connectivity index (χ2v) is 7.11. The van der Waals surface area contributed by atoms with Crippen molar-refractivity contribution >= 4 is 17.6 Å². The Bertz CT molecular complexity index is 1260. The molecule has 0 fully saturated rings. The zero-order valence-electron chi connectivity index (χ0n) is 17.6. The number of rotatable bonds is 6. The lowest BCUT2D eigenvalue weighted by atomic mass is 10.2. The second kappa shape index (κ2) is 8.72. The minimum absolute atomic E-state index is 0.0777. The van der Waals surface area contributed by atoms with Crippen LogP contribution in [0.2, 0.25) is 0 Å². The van der Waals surface area contributed by atoms with E-state index >= 15 is 0 Å². The molecule has 0 bridgehead atoms. The minimum atomic E-state index is -0.365. The molecule has 0 unspecified atom stereocenters. The fourth-order valence-electron chi connectivity index (χ4n) is 2.80. The van der Waals surface area contributed by atoms with E-state index in [-0.39, 0.29) is 17.7 Å². The molecule has 0 aliphatic heterocycles. The third kappa shape index (κ3) is 4.64. The molecule has 0 saturated carbocycles. The van der Waals surface area contributed by atoms with E-state index in [1.54, 1.807) is 86.6 Å². The summed E-state index contributed by atoms with van der Waals surface area (Å²) in [6.45, 7) is 0. The molecule has 2 aromatic heterocycles. The fraction of sp³-hybridized carbons (Fsp3) is 0.136. The van der Waals surface area contributed by atoms with E-state index < -0.39 is 0 Å². The lowest BCUT2D eigenvalue weighted by molar-refractivity contribution is 0.0779. The van der Waals surface area contributed by atoms with Crippen LogP contribution in [0.5, 0.6) is 11.5 Å². The molecule has 0 aliphatic carbocycles. The molecule has 0 saturated heterocycles. The van der Waals surface area contributed by atoms with Crippen LogP contribution in [0.25, 0.3) is 11.4 Å². The quantitative estimate of drug-likeness (QED) is 0.497. The molecule has 162 valence electrons. The predicted molar refractivity (Wildman–Crippen MR) is 115 cm³/mol. The van der Waals surface area contributed by atoms with Crippen LogP contribution in [-0.4, -0.2) is 50.7 Å². The molecule has 0 atom stereocenters. The SMILES string of the molecule is CN(C)C(=O)c1nc(-c2ccc(Oc3cccc(C(=O)Nc4ccn(C)n4)c3)cc2)no1. The molecule has 4 rings (SSSR count). The van der Waals surface area contributed by atoms with E-state index in [4.69, 9.17) is 9.26 Å². The van der Waals surface area contributed by atoms with E-state index in [1.807, 2.05) is 0 Å². The number of benzene rings is 2. The lowest BCUT2D eigenvalue weighted by Crippen LogP contribution is -2.21. The first-order chi connectivity index (χ1) is 15.4. The summed E-state index contributed by atoms with van der Waals surface area (Å²) >= 11 is 0. The number of aryl methyl sites for hydroxylation is 1. The van der Waals surface area contributed by atoms with Gasteiger partial charge in [0.25, 0.3) is 5.91 Å². The normalized spacial score (nSPS) is 10.6. The Morgan fingerprint density at radius 3 is 2.53 bits per heavy atom. The summed E-state index contributed by atoms with van der Waals surface area (Å²) in [5.74, 6) is 1.10. The third-order valence-electron chi connectivity index (χ3n) is 4.41. The van der Waals surface area contributed by atoms with Crippen molar-refractivity contribution in [2.45, 2.75) is 0 Å². The molecule has 0 spiro atoms. The van der Waals surface area contributed by atoms with Gasteiger partial charge >= 0.3 is 11.8 Å². The smallest absolute Gasteiger partial charge is 0.316 e. The highest BCUT2D eigenvalue weighted by molar-refractivity contribution is 6.04. The van der Waals surface area contributed by atoms with Gasteiger partial charge in [0.2, 0.25) is 5.82 Å². The van der Waals surface area contributed by atoms with E-state index in [2.05, 4.69) is 20.6 Å².